The largest absolute Gasteiger partial charge is 0.509 e. The average Bonchev–Trinajstić information content (AvgIpc) is 0.875. The quantitative estimate of drug-likeness (QED) is 0.0370. The van der Waals surface area contributed by atoms with Crippen LogP contribution < -0.4 is 15.6 Å². The van der Waals surface area contributed by atoms with Gasteiger partial charge in [0, 0.05) is 34.2 Å². The number of hydrogen-bond acceptors (Lipinski definition) is 6. The Balaban J connectivity index is 0.000000115. The van der Waals surface area contributed by atoms with Crippen molar-refractivity contribution in [3.63, 3.8) is 0 Å². The summed E-state index contributed by atoms with van der Waals surface area (Å²) in [5.41, 5.74) is 11.4. The summed E-state index contributed by atoms with van der Waals surface area (Å²) in [5.74, 6) is 0. The molecule has 18 rings (SSSR count). The highest BCUT2D eigenvalue weighted by atomic mass is 28.3. The monoisotopic (exact) mass is 1300 g/mol. The van der Waals surface area contributed by atoms with E-state index in [0.29, 0.717) is 16.8 Å². The molecule has 4 aliphatic heterocycles. The fourth-order valence-corrected chi connectivity index (χ4v) is 19.1. The lowest BCUT2D eigenvalue weighted by Gasteiger charge is -2.30. The van der Waals surface area contributed by atoms with Crippen LogP contribution in [0.3, 0.4) is 0 Å². The number of fused-ring (bicyclic) bond motifs is 10. The Kier molecular flexibility index (Phi) is 15.4. The van der Waals surface area contributed by atoms with Crippen LogP contribution in [0.4, 0.5) is 36.2 Å². The second kappa shape index (κ2) is 24.6. The third-order valence-corrected chi connectivity index (χ3v) is 23.5. The van der Waals surface area contributed by atoms with Gasteiger partial charge in [-0.1, -0.05) is 188 Å². The van der Waals surface area contributed by atoms with Crippen LogP contribution in [0.15, 0.2) is 261 Å². The van der Waals surface area contributed by atoms with E-state index >= 15 is 0 Å². The number of nitrogens with zero attached hydrogens (tertiary/aromatic N) is 9. The number of aromatic nitrogens is 4. The number of aryl methyl sites for hydroxylation is 5. The highest BCUT2D eigenvalue weighted by Crippen LogP contribution is 2.40. The van der Waals surface area contributed by atoms with Crippen molar-refractivity contribution in [2.75, 3.05) is 7.05 Å². The van der Waals surface area contributed by atoms with Crippen molar-refractivity contribution in [3.8, 4) is 11.3 Å². The minimum absolute atomic E-state index is 0.0192. The fraction of sp³-hybridized carbons (Fsp3) is 0.0732. The molecule has 0 bridgehead atoms. The van der Waals surface area contributed by atoms with Gasteiger partial charge in [0.05, 0.1) is 12.0 Å². The van der Waals surface area contributed by atoms with Crippen LogP contribution in [0.5, 0.6) is 0 Å². The summed E-state index contributed by atoms with van der Waals surface area (Å²) >= 11 is 0. The third-order valence-electron chi connectivity index (χ3n) is 18.9. The summed E-state index contributed by atoms with van der Waals surface area (Å²) in [6.07, 6.45) is 7.59. The molecule has 0 radical (unpaired) electrons. The molecule has 4 aliphatic rings. The first-order chi connectivity index (χ1) is 47.6. The normalized spacial score (nSPS) is 13.4. The summed E-state index contributed by atoms with van der Waals surface area (Å²) < 4.78 is 13.9. The van der Waals surface area contributed by atoms with Crippen molar-refractivity contribution in [1.82, 2.24) is 18.3 Å². The van der Waals surface area contributed by atoms with Gasteiger partial charge in [0.1, 0.15) is 59.0 Å². The zero-order chi connectivity index (χ0) is 67.7. The molecule has 474 valence electrons. The fourth-order valence-electron chi connectivity index (χ4n) is 14.5. The Labute approximate surface area is 565 Å². The highest BCUT2D eigenvalue weighted by molar-refractivity contribution is 7.06. The van der Waals surface area contributed by atoms with Crippen molar-refractivity contribution in [3.05, 3.63) is 322 Å². The van der Waals surface area contributed by atoms with E-state index < -0.39 is 13.2 Å². The van der Waals surface area contributed by atoms with Crippen LogP contribution >= 0.6 is 0 Å². The molecule has 15 nitrogen and oxygen atoms in total. The van der Waals surface area contributed by atoms with Crippen LogP contribution in [-0.4, -0.2) is 105 Å². The first kappa shape index (κ1) is 61.5. The maximum absolute atomic E-state index is 14.1. The van der Waals surface area contributed by atoms with Crippen molar-refractivity contribution in [2.24, 2.45) is 0 Å². The molecule has 16 heteroatoms. The molecular weight excluding hydrogens is 1240 g/mol. The van der Waals surface area contributed by atoms with Crippen molar-refractivity contribution >= 4 is 133 Å². The zero-order valence-electron chi connectivity index (χ0n) is 54.6. The molecule has 0 unspecified atom stereocenters. The third kappa shape index (κ3) is 10.2. The second-order valence-electron chi connectivity index (χ2n) is 24.9. The molecular formula is C82H65N9O6Si+4. The number of benzene rings is 10. The number of non-ortho nitro benzene ring substituents is 1. The molecule has 0 spiro atoms. The molecule has 0 atom stereocenters. The summed E-state index contributed by atoms with van der Waals surface area (Å²) in [7, 11) is -1.07. The molecule has 4 aromatic heterocycles. The molecule has 8 heterocycles. The molecule has 0 saturated heterocycles. The van der Waals surface area contributed by atoms with E-state index in [1.807, 2.05) is 126 Å². The van der Waals surface area contributed by atoms with Crippen LogP contribution in [0.1, 0.15) is 51.0 Å². The van der Waals surface area contributed by atoms with Gasteiger partial charge in [-0.3, -0.25) is 10.1 Å². The van der Waals surface area contributed by atoms with Gasteiger partial charge in [-0.05, 0) is 149 Å². The molecule has 98 heavy (non-hydrogen) atoms. The predicted octanol–water partition coefficient (Wildman–Crippen LogP) is 15.3. The molecule has 0 saturated carbocycles. The summed E-state index contributed by atoms with van der Waals surface area (Å²) in [5, 5.41) is 23.7. The molecule has 10 aromatic carbocycles. The van der Waals surface area contributed by atoms with E-state index in [-0.39, 0.29) is 29.8 Å². The number of amides is 4. The summed E-state index contributed by atoms with van der Waals surface area (Å²) in [6.45, 7) is 9.33. The summed E-state index contributed by atoms with van der Waals surface area (Å²) in [6, 6.07) is 87.9. The first-order valence-electron chi connectivity index (χ1n) is 32.3. The van der Waals surface area contributed by atoms with E-state index in [1.165, 1.54) is 49.2 Å². The number of hydrogen-bond donors (Lipinski definition) is 0. The molecule has 0 N–H and O–H groups in total. The van der Waals surface area contributed by atoms with Gasteiger partial charge in [-0.15, -0.1) is 0 Å². The zero-order valence-corrected chi connectivity index (χ0v) is 55.6. The topological polar surface area (TPSA) is 143 Å². The van der Waals surface area contributed by atoms with Gasteiger partial charge in [0.15, 0.2) is 22.8 Å². The van der Waals surface area contributed by atoms with Gasteiger partial charge in [0.2, 0.25) is 0 Å². The van der Waals surface area contributed by atoms with Crippen LogP contribution in [0.25, 0.3) is 54.3 Å². The van der Waals surface area contributed by atoms with Gasteiger partial charge in [0.25, 0.3) is 5.69 Å². The Morgan fingerprint density at radius 2 is 0.765 bits per heavy atom. The second-order valence-corrected chi connectivity index (χ2v) is 28.5. The predicted molar refractivity (Wildman–Crippen MR) is 391 cm³/mol. The maximum Gasteiger partial charge on any atom is 0.509 e. The van der Waals surface area contributed by atoms with E-state index in [9.17, 15) is 29.3 Å². The van der Waals surface area contributed by atoms with E-state index in [0.717, 1.165) is 78.3 Å². The maximum atomic E-state index is 14.1. The minimum atomic E-state index is -2.83. The van der Waals surface area contributed by atoms with Crippen LogP contribution in [0.2, 0.25) is 0 Å². The number of rotatable bonds is 8. The SMILES string of the molecule is Cc1cc([N+](=O)[O-])cc(C)c1[N+]1=Cc2ccc(C)n2C1=O.Cc1ccc2n1C(=O)[N+](C)=C2.Cc1ccc2n1C(=O)[N+]([Si](c1ccccc1)(c1ccccc1)c1ccccc1)=C2.O=C1n2c(ccc2-c2cc3ccccc3c3ccccc23)C=[N+]1c1cc2ccccc2c2ccccc12. The Hall–Kier alpha value is -12.7. The number of nitro benzene ring substituents is 1. The Morgan fingerprint density at radius 3 is 1.28 bits per heavy atom. The Morgan fingerprint density at radius 1 is 0.367 bits per heavy atom. The van der Waals surface area contributed by atoms with Crippen molar-refractivity contribution in [1.29, 1.82) is 0 Å². The molecule has 0 fully saturated rings. The first-order valence-corrected chi connectivity index (χ1v) is 34.2. The lowest BCUT2D eigenvalue weighted by Crippen LogP contribution is -2.75. The van der Waals surface area contributed by atoms with Crippen LogP contribution in [0, 0.1) is 44.7 Å². The van der Waals surface area contributed by atoms with E-state index in [4.69, 9.17) is 0 Å². The highest BCUT2D eigenvalue weighted by Gasteiger charge is 2.55. The van der Waals surface area contributed by atoms with E-state index in [1.54, 1.807) is 50.0 Å². The number of nitro groups is 1. The van der Waals surface area contributed by atoms with E-state index in [2.05, 4.69) is 176 Å². The molecule has 4 amide bonds. The standard InChI is InChI=1S/C34H21N2O.C25H21N2OSi.C15H14N3O3.C8H9N2O/c37-34-35(33-20-23-10-2-4-12-26(23)28-14-7-8-16-30(28)33)21-24-17-18-32(36(24)34)31-19-22-9-1-3-11-25(22)27-13-5-6-15-29(27)31;1-20-17-18-21-19-26(25(28)27(20)21)29(22-11-5-2-6-12-22,23-13-7-3-8-14-23)24-15-9-4-10-16-24;1-9-6-13(18(20)21)7-10(2)14(9)16-8-12-5-4-11(3)17(12)15(16)19;1-6-3-4-7-5-9(2)8(11)10(6)7/h1-21H;2-19H,1H3;4-8H,1-3H3;3-5H,1-2H3/q4*+1. The smallest absolute Gasteiger partial charge is 0.258 e. The average molecular weight is 1300 g/mol. The molecule has 14 aromatic rings. The minimum Gasteiger partial charge on any atom is -0.258 e. The lowest BCUT2D eigenvalue weighted by atomic mass is 9.96. The number of carbonyl (C=O) groups excluding carboxylic acids is 4. The van der Waals surface area contributed by atoms with Gasteiger partial charge in [-0.2, -0.15) is 51.2 Å². The van der Waals surface area contributed by atoms with Gasteiger partial charge >= 0.3 is 32.4 Å². The van der Waals surface area contributed by atoms with Crippen molar-refractivity contribution in [2.45, 2.75) is 34.6 Å². The number of carbonyl (C=O) groups is 4. The lowest BCUT2D eigenvalue weighted by molar-refractivity contribution is -0.385. The molecule has 0 aliphatic carbocycles. The van der Waals surface area contributed by atoms with Gasteiger partial charge in [-0.25, -0.2) is 4.24 Å². The van der Waals surface area contributed by atoms with Crippen LogP contribution in [-0.2, 0) is 0 Å². The van der Waals surface area contributed by atoms with Crippen molar-refractivity contribution < 1.29 is 42.1 Å². The Bertz CT molecular complexity index is 5710. The van der Waals surface area contributed by atoms with Gasteiger partial charge < -0.3 is 0 Å². The summed E-state index contributed by atoms with van der Waals surface area (Å²) in [4.78, 5) is 62.2.